The molecule has 1 unspecified atom stereocenters. The lowest BCUT2D eigenvalue weighted by molar-refractivity contribution is 0.538. The predicted molar refractivity (Wildman–Crippen MR) is 78.9 cm³/mol. The van der Waals surface area contributed by atoms with Crippen LogP contribution in [0.5, 0.6) is 0 Å². The number of hydrogen-bond donors (Lipinski definition) is 3. The lowest BCUT2D eigenvalue weighted by Crippen LogP contribution is -2.30. The summed E-state index contributed by atoms with van der Waals surface area (Å²) in [7, 11) is -5.87. The Labute approximate surface area is 125 Å². The Hall–Kier alpha value is -1.00. The molecule has 0 aromatic heterocycles. The van der Waals surface area contributed by atoms with Crippen LogP contribution in [0.15, 0.2) is 34.1 Å². The molecule has 9 heteroatoms. The van der Waals surface area contributed by atoms with Gasteiger partial charge < -0.3 is 5.32 Å². The third-order valence-corrected chi connectivity index (χ3v) is 6.31. The van der Waals surface area contributed by atoms with Crippen molar-refractivity contribution >= 4 is 20.0 Å². The van der Waals surface area contributed by atoms with Gasteiger partial charge in [0.15, 0.2) is 0 Å². The zero-order valence-corrected chi connectivity index (χ0v) is 13.3. The molecule has 0 amide bonds. The standard InChI is InChI=1S/C12H19N3O4S2/c1-13-20(16,17)11-2-4-12(5-3-11)21(18,19)15-9-10-6-7-14-8-10/h2-5,10,13-15H,6-9H2,1H3. The van der Waals surface area contributed by atoms with Gasteiger partial charge in [-0.15, -0.1) is 0 Å². The molecular formula is C12H19N3O4S2. The number of hydrogen-bond acceptors (Lipinski definition) is 5. The fourth-order valence-electron chi connectivity index (χ4n) is 2.12. The molecule has 1 saturated heterocycles. The molecule has 2 rings (SSSR count). The summed E-state index contributed by atoms with van der Waals surface area (Å²) in [6, 6.07) is 5.13. The van der Waals surface area contributed by atoms with E-state index in [4.69, 9.17) is 0 Å². The third kappa shape index (κ3) is 4.01. The molecule has 0 saturated carbocycles. The first kappa shape index (κ1) is 16.4. The molecule has 118 valence electrons. The van der Waals surface area contributed by atoms with Crippen molar-refractivity contribution in [3.63, 3.8) is 0 Å². The van der Waals surface area contributed by atoms with E-state index in [-0.39, 0.29) is 9.79 Å². The second kappa shape index (κ2) is 6.41. The third-order valence-electron chi connectivity index (χ3n) is 3.44. The van der Waals surface area contributed by atoms with Crippen molar-refractivity contribution in [2.45, 2.75) is 16.2 Å². The second-order valence-electron chi connectivity index (χ2n) is 4.89. The maximum absolute atomic E-state index is 12.1. The molecule has 0 aliphatic carbocycles. The number of benzene rings is 1. The molecule has 1 aromatic rings. The Morgan fingerprint density at radius 2 is 1.67 bits per heavy atom. The van der Waals surface area contributed by atoms with Crippen molar-refractivity contribution in [3.8, 4) is 0 Å². The summed E-state index contributed by atoms with van der Waals surface area (Å²) >= 11 is 0. The van der Waals surface area contributed by atoms with Gasteiger partial charge in [-0.1, -0.05) is 0 Å². The Morgan fingerprint density at radius 1 is 1.10 bits per heavy atom. The van der Waals surface area contributed by atoms with E-state index in [1.807, 2.05) is 0 Å². The maximum Gasteiger partial charge on any atom is 0.240 e. The molecule has 0 bridgehead atoms. The van der Waals surface area contributed by atoms with Crippen LogP contribution in [0, 0.1) is 5.92 Å². The minimum absolute atomic E-state index is 0.0314. The average molecular weight is 333 g/mol. The van der Waals surface area contributed by atoms with E-state index < -0.39 is 20.0 Å². The van der Waals surface area contributed by atoms with Crippen molar-refractivity contribution in [1.29, 1.82) is 0 Å². The van der Waals surface area contributed by atoms with Crippen molar-refractivity contribution in [3.05, 3.63) is 24.3 Å². The van der Waals surface area contributed by atoms with Crippen LogP contribution in [0.3, 0.4) is 0 Å². The molecule has 1 aliphatic rings. The highest BCUT2D eigenvalue weighted by molar-refractivity contribution is 7.90. The van der Waals surface area contributed by atoms with Gasteiger partial charge in [0.25, 0.3) is 0 Å². The first-order valence-corrected chi connectivity index (χ1v) is 9.56. The highest BCUT2D eigenvalue weighted by atomic mass is 32.2. The summed E-state index contributed by atoms with van der Waals surface area (Å²) < 4.78 is 52.1. The van der Waals surface area contributed by atoms with E-state index in [2.05, 4.69) is 14.8 Å². The molecule has 1 aliphatic heterocycles. The van der Waals surface area contributed by atoms with Gasteiger partial charge in [-0.05, 0) is 56.7 Å². The van der Waals surface area contributed by atoms with Crippen LogP contribution in [0.25, 0.3) is 0 Å². The highest BCUT2D eigenvalue weighted by Gasteiger charge is 2.20. The van der Waals surface area contributed by atoms with Gasteiger partial charge >= 0.3 is 0 Å². The summed E-state index contributed by atoms with van der Waals surface area (Å²) in [5.41, 5.74) is 0. The number of rotatable bonds is 6. The van der Waals surface area contributed by atoms with E-state index in [0.717, 1.165) is 19.5 Å². The number of nitrogens with one attached hydrogen (secondary N) is 3. The molecule has 1 fully saturated rings. The van der Waals surface area contributed by atoms with E-state index in [1.165, 1.54) is 31.3 Å². The Morgan fingerprint density at radius 3 is 2.14 bits per heavy atom. The lowest BCUT2D eigenvalue weighted by Gasteiger charge is -2.11. The van der Waals surface area contributed by atoms with Crippen molar-refractivity contribution < 1.29 is 16.8 Å². The van der Waals surface area contributed by atoms with Gasteiger partial charge in [-0.2, -0.15) is 0 Å². The van der Waals surface area contributed by atoms with Crippen LogP contribution < -0.4 is 14.8 Å². The van der Waals surface area contributed by atoms with E-state index >= 15 is 0 Å². The molecule has 7 nitrogen and oxygen atoms in total. The van der Waals surface area contributed by atoms with Gasteiger partial charge in [0, 0.05) is 6.54 Å². The summed E-state index contributed by atoms with van der Waals surface area (Å²) in [4.78, 5) is 0.0902. The first-order chi connectivity index (χ1) is 9.85. The predicted octanol–water partition coefficient (Wildman–Crippen LogP) is -0.517. The maximum atomic E-state index is 12.1. The van der Waals surface area contributed by atoms with Gasteiger partial charge in [-0.3, -0.25) is 0 Å². The van der Waals surface area contributed by atoms with Crippen LogP contribution in [0.4, 0.5) is 0 Å². The quantitative estimate of drug-likeness (QED) is 0.650. The fraction of sp³-hybridized carbons (Fsp3) is 0.500. The molecule has 21 heavy (non-hydrogen) atoms. The van der Waals surface area contributed by atoms with Crippen molar-refractivity contribution in [2.75, 3.05) is 26.7 Å². The van der Waals surface area contributed by atoms with E-state index in [1.54, 1.807) is 0 Å². The molecule has 1 heterocycles. The molecular weight excluding hydrogens is 314 g/mol. The van der Waals surface area contributed by atoms with Crippen molar-refractivity contribution in [2.24, 2.45) is 5.92 Å². The minimum atomic E-state index is -3.61. The summed E-state index contributed by atoms with van der Waals surface area (Å²) in [5, 5.41) is 3.17. The first-order valence-electron chi connectivity index (χ1n) is 6.59. The van der Waals surface area contributed by atoms with Crippen LogP contribution >= 0.6 is 0 Å². The summed E-state index contributed by atoms with van der Waals surface area (Å²) in [6.45, 7) is 2.09. The van der Waals surface area contributed by atoms with Gasteiger partial charge in [0.1, 0.15) is 0 Å². The van der Waals surface area contributed by atoms with Crippen molar-refractivity contribution in [1.82, 2.24) is 14.8 Å². The van der Waals surface area contributed by atoms with Crippen LogP contribution in [0.2, 0.25) is 0 Å². The molecule has 1 aromatic carbocycles. The normalized spacial score (nSPS) is 19.8. The smallest absolute Gasteiger partial charge is 0.240 e. The SMILES string of the molecule is CNS(=O)(=O)c1ccc(S(=O)(=O)NCC2CCNC2)cc1. The molecule has 0 radical (unpaired) electrons. The highest BCUT2D eigenvalue weighted by Crippen LogP contribution is 2.15. The van der Waals surface area contributed by atoms with Gasteiger partial charge in [-0.25, -0.2) is 26.3 Å². The Bertz CT molecular complexity index is 678. The van der Waals surface area contributed by atoms with Gasteiger partial charge in [0.05, 0.1) is 9.79 Å². The average Bonchev–Trinajstić information content (AvgIpc) is 2.99. The summed E-state index contributed by atoms with van der Waals surface area (Å²) in [5.74, 6) is 0.295. The zero-order chi connectivity index (χ0) is 15.5. The Kier molecular flexibility index (Phi) is 4.99. The van der Waals surface area contributed by atoms with Crippen LogP contribution in [-0.2, 0) is 20.0 Å². The largest absolute Gasteiger partial charge is 0.316 e. The van der Waals surface area contributed by atoms with Gasteiger partial charge in [0.2, 0.25) is 20.0 Å². The lowest BCUT2D eigenvalue weighted by atomic mass is 10.1. The minimum Gasteiger partial charge on any atom is -0.316 e. The Balaban J connectivity index is 2.09. The molecule has 3 N–H and O–H groups in total. The van der Waals surface area contributed by atoms with Crippen LogP contribution in [0.1, 0.15) is 6.42 Å². The monoisotopic (exact) mass is 333 g/mol. The second-order valence-corrected chi connectivity index (χ2v) is 8.54. The number of sulfonamides is 2. The van der Waals surface area contributed by atoms with E-state index in [9.17, 15) is 16.8 Å². The molecule has 1 atom stereocenters. The van der Waals surface area contributed by atoms with E-state index in [0.29, 0.717) is 12.5 Å². The van der Waals surface area contributed by atoms with Crippen LogP contribution in [-0.4, -0.2) is 43.5 Å². The molecule has 0 spiro atoms. The fourth-order valence-corrected chi connectivity index (χ4v) is 3.96. The zero-order valence-electron chi connectivity index (χ0n) is 11.7. The topological polar surface area (TPSA) is 104 Å². The summed E-state index contributed by atoms with van der Waals surface area (Å²) in [6.07, 6.45) is 0.946.